The third-order valence-electron chi connectivity index (χ3n) is 3.52. The van der Waals surface area contributed by atoms with Crippen LogP contribution in [0.25, 0.3) is 0 Å². The average molecular weight is 362 g/mol. The lowest BCUT2D eigenvalue weighted by molar-refractivity contribution is -0.157. The summed E-state index contributed by atoms with van der Waals surface area (Å²) < 4.78 is 16.0. The van der Waals surface area contributed by atoms with Gasteiger partial charge in [0, 0.05) is 11.6 Å². The normalized spacial score (nSPS) is 15.3. The number of amides is 1. The van der Waals surface area contributed by atoms with Crippen molar-refractivity contribution in [3.63, 3.8) is 0 Å². The maximum Gasteiger partial charge on any atom is 0.351 e. The predicted octanol–water partition coefficient (Wildman–Crippen LogP) is 2.34. The zero-order chi connectivity index (χ0) is 17.6. The summed E-state index contributed by atoms with van der Waals surface area (Å²) >= 11 is 5.80. The first-order valence-electron chi connectivity index (χ1n) is 7.68. The molecule has 7 heteroatoms. The van der Waals surface area contributed by atoms with Gasteiger partial charge in [-0.25, -0.2) is 4.79 Å². The van der Waals surface area contributed by atoms with E-state index >= 15 is 0 Å². The van der Waals surface area contributed by atoms with Crippen LogP contribution >= 0.6 is 11.6 Å². The van der Waals surface area contributed by atoms with Gasteiger partial charge in [-0.2, -0.15) is 0 Å². The summed E-state index contributed by atoms with van der Waals surface area (Å²) in [4.78, 5) is 23.8. The molecular weight excluding hydrogens is 346 g/mol. The van der Waals surface area contributed by atoms with Crippen molar-refractivity contribution < 1.29 is 23.8 Å². The summed E-state index contributed by atoms with van der Waals surface area (Å²) in [7, 11) is 0. The zero-order valence-corrected chi connectivity index (χ0v) is 14.0. The SMILES string of the molecule is O=C(COC(=O)[C@@H]1COc2ccccc2O1)NCc1ccc(Cl)cc1. The summed E-state index contributed by atoms with van der Waals surface area (Å²) in [5, 5.41) is 3.29. The maximum absolute atomic E-state index is 12.0. The fourth-order valence-corrected chi connectivity index (χ4v) is 2.35. The van der Waals surface area contributed by atoms with Gasteiger partial charge in [0.1, 0.15) is 6.61 Å². The van der Waals surface area contributed by atoms with Gasteiger partial charge in [0.2, 0.25) is 6.10 Å². The molecule has 0 aromatic heterocycles. The molecule has 2 aromatic carbocycles. The van der Waals surface area contributed by atoms with E-state index in [1.165, 1.54) is 0 Å². The molecule has 0 bridgehead atoms. The molecule has 1 amide bonds. The van der Waals surface area contributed by atoms with Crippen molar-refractivity contribution in [3.8, 4) is 11.5 Å². The van der Waals surface area contributed by atoms with Gasteiger partial charge in [0.05, 0.1) is 0 Å². The number of para-hydroxylation sites is 2. The first-order chi connectivity index (χ1) is 12.1. The smallest absolute Gasteiger partial charge is 0.351 e. The monoisotopic (exact) mass is 361 g/mol. The highest BCUT2D eigenvalue weighted by atomic mass is 35.5. The molecule has 1 aliphatic heterocycles. The van der Waals surface area contributed by atoms with Crippen molar-refractivity contribution in [2.45, 2.75) is 12.6 Å². The van der Waals surface area contributed by atoms with E-state index in [-0.39, 0.29) is 13.2 Å². The lowest BCUT2D eigenvalue weighted by Gasteiger charge is -2.24. The molecule has 2 aromatic rings. The van der Waals surface area contributed by atoms with Gasteiger partial charge in [-0.1, -0.05) is 35.9 Å². The van der Waals surface area contributed by atoms with Crippen LogP contribution < -0.4 is 14.8 Å². The Morgan fingerprint density at radius 3 is 2.60 bits per heavy atom. The van der Waals surface area contributed by atoms with Gasteiger partial charge >= 0.3 is 5.97 Å². The largest absolute Gasteiger partial charge is 0.485 e. The number of esters is 1. The van der Waals surface area contributed by atoms with Crippen molar-refractivity contribution in [1.29, 1.82) is 0 Å². The van der Waals surface area contributed by atoms with Crippen LogP contribution in [0.4, 0.5) is 0 Å². The number of nitrogens with one attached hydrogen (secondary N) is 1. The molecule has 0 aliphatic carbocycles. The summed E-state index contributed by atoms with van der Waals surface area (Å²) in [6, 6.07) is 14.1. The number of benzene rings is 2. The first-order valence-corrected chi connectivity index (χ1v) is 8.06. The number of carbonyl (C=O) groups is 2. The second-order valence-electron chi connectivity index (χ2n) is 5.38. The Labute approximate surface area is 149 Å². The van der Waals surface area contributed by atoms with Gasteiger partial charge in [0.25, 0.3) is 5.91 Å². The highest BCUT2D eigenvalue weighted by molar-refractivity contribution is 6.30. The highest BCUT2D eigenvalue weighted by Crippen LogP contribution is 2.31. The van der Waals surface area contributed by atoms with E-state index < -0.39 is 18.0 Å². The molecule has 25 heavy (non-hydrogen) atoms. The summed E-state index contributed by atoms with van der Waals surface area (Å²) in [5.41, 5.74) is 0.893. The Morgan fingerprint density at radius 1 is 1.12 bits per heavy atom. The average Bonchev–Trinajstić information content (AvgIpc) is 2.65. The topological polar surface area (TPSA) is 73.9 Å². The van der Waals surface area contributed by atoms with Crippen LogP contribution in [0.2, 0.25) is 5.02 Å². The molecule has 6 nitrogen and oxygen atoms in total. The standard InChI is InChI=1S/C18H16ClNO5/c19-13-7-5-12(6-8-13)9-20-17(21)11-24-18(22)16-10-23-14-3-1-2-4-15(14)25-16/h1-8,16H,9-11H2,(H,20,21)/t16-/m0/s1. The molecule has 1 N–H and O–H groups in total. The lowest BCUT2D eigenvalue weighted by Crippen LogP contribution is -2.39. The van der Waals surface area contributed by atoms with E-state index in [0.717, 1.165) is 5.56 Å². The van der Waals surface area contributed by atoms with Crippen molar-refractivity contribution in [3.05, 3.63) is 59.1 Å². The third-order valence-corrected chi connectivity index (χ3v) is 3.77. The number of rotatable bonds is 5. The summed E-state index contributed by atoms with van der Waals surface area (Å²) in [6.45, 7) is -0.0138. The molecule has 0 saturated heterocycles. The van der Waals surface area contributed by atoms with Gasteiger partial charge < -0.3 is 19.5 Å². The quantitative estimate of drug-likeness (QED) is 0.827. The Morgan fingerprint density at radius 2 is 1.84 bits per heavy atom. The van der Waals surface area contributed by atoms with Crippen molar-refractivity contribution >= 4 is 23.5 Å². The number of hydrogen-bond donors (Lipinski definition) is 1. The minimum atomic E-state index is -0.890. The van der Waals surface area contributed by atoms with Crippen molar-refractivity contribution in [1.82, 2.24) is 5.32 Å². The minimum absolute atomic E-state index is 0.0439. The molecule has 130 valence electrons. The summed E-state index contributed by atoms with van der Waals surface area (Å²) in [5.74, 6) is 0.00622. The summed E-state index contributed by atoms with van der Waals surface area (Å²) in [6.07, 6.45) is -0.890. The van der Waals surface area contributed by atoms with Gasteiger partial charge in [0.15, 0.2) is 18.1 Å². The highest BCUT2D eigenvalue weighted by Gasteiger charge is 2.29. The lowest BCUT2D eigenvalue weighted by atomic mass is 10.2. The van der Waals surface area contributed by atoms with E-state index in [1.807, 2.05) is 6.07 Å². The molecule has 0 unspecified atom stereocenters. The fourth-order valence-electron chi connectivity index (χ4n) is 2.22. The van der Waals surface area contributed by atoms with Crippen molar-refractivity contribution in [2.24, 2.45) is 0 Å². The molecule has 3 rings (SSSR count). The molecule has 0 saturated carbocycles. The van der Waals surface area contributed by atoms with Crippen LogP contribution in [0.1, 0.15) is 5.56 Å². The van der Waals surface area contributed by atoms with E-state index in [0.29, 0.717) is 23.1 Å². The van der Waals surface area contributed by atoms with Crippen LogP contribution in [-0.2, 0) is 20.9 Å². The van der Waals surface area contributed by atoms with E-state index in [4.69, 9.17) is 25.8 Å². The molecule has 0 radical (unpaired) electrons. The number of ether oxygens (including phenoxy) is 3. The Kier molecular flexibility index (Phi) is 5.40. The van der Waals surface area contributed by atoms with Gasteiger partial charge in [-0.3, -0.25) is 4.79 Å². The van der Waals surface area contributed by atoms with Crippen LogP contribution in [0.15, 0.2) is 48.5 Å². The van der Waals surface area contributed by atoms with E-state index in [1.54, 1.807) is 42.5 Å². The second kappa shape index (κ2) is 7.90. The molecule has 1 aliphatic rings. The number of fused-ring (bicyclic) bond motifs is 1. The van der Waals surface area contributed by atoms with Crippen molar-refractivity contribution in [2.75, 3.05) is 13.2 Å². The third kappa shape index (κ3) is 4.64. The second-order valence-corrected chi connectivity index (χ2v) is 5.81. The molecule has 0 fully saturated rings. The maximum atomic E-state index is 12.0. The zero-order valence-electron chi connectivity index (χ0n) is 13.2. The minimum Gasteiger partial charge on any atom is -0.485 e. The number of halogens is 1. The molecule has 1 heterocycles. The molecule has 1 atom stereocenters. The van der Waals surface area contributed by atoms with Crippen LogP contribution in [-0.4, -0.2) is 31.2 Å². The first kappa shape index (κ1) is 17.1. The predicted molar refractivity (Wildman–Crippen MR) is 90.6 cm³/mol. The van der Waals surface area contributed by atoms with E-state index in [2.05, 4.69) is 5.32 Å². The Hall–Kier alpha value is -2.73. The van der Waals surface area contributed by atoms with Gasteiger partial charge in [-0.15, -0.1) is 0 Å². The van der Waals surface area contributed by atoms with Gasteiger partial charge in [-0.05, 0) is 29.8 Å². The fraction of sp³-hybridized carbons (Fsp3) is 0.222. The Bertz CT molecular complexity index is 762. The van der Waals surface area contributed by atoms with Crippen LogP contribution in [0.5, 0.6) is 11.5 Å². The Balaban J connectivity index is 1.43. The number of carbonyl (C=O) groups excluding carboxylic acids is 2. The molecule has 0 spiro atoms. The van der Waals surface area contributed by atoms with Crippen LogP contribution in [0.3, 0.4) is 0 Å². The molecular formula is C18H16ClNO5. The number of hydrogen-bond acceptors (Lipinski definition) is 5. The van der Waals surface area contributed by atoms with Crippen LogP contribution in [0, 0.1) is 0 Å². The van der Waals surface area contributed by atoms with E-state index in [9.17, 15) is 9.59 Å².